The fraction of sp³-hybridized carbons (Fsp3) is 0.600. The number of hydrogen-bond donors (Lipinski definition) is 2. The van der Waals surface area contributed by atoms with Crippen LogP contribution in [0.15, 0.2) is 18.3 Å². The average molecular weight is 290 g/mol. The summed E-state index contributed by atoms with van der Waals surface area (Å²) in [5.74, 6) is 0.988. The Balaban J connectivity index is 1.58. The topological polar surface area (TPSA) is 82.7 Å². The molecule has 2 fully saturated rings. The number of nitrogens with two attached hydrogens (primary N) is 1. The molecule has 0 saturated carbocycles. The Morgan fingerprint density at radius 3 is 2.29 bits per heavy atom. The van der Waals surface area contributed by atoms with E-state index in [-0.39, 0.29) is 0 Å². The maximum atomic E-state index is 11.0. The molecule has 0 unspecified atom stereocenters. The van der Waals surface area contributed by atoms with Crippen LogP contribution in [0.5, 0.6) is 0 Å². The van der Waals surface area contributed by atoms with Gasteiger partial charge in [-0.15, -0.1) is 0 Å². The minimum absolute atomic E-state index is 0.330. The third-order valence-electron chi connectivity index (χ3n) is 5.01. The van der Waals surface area contributed by atoms with Gasteiger partial charge in [-0.3, -0.25) is 0 Å². The number of likely N-dealkylation sites (tertiary alicyclic amines) is 1. The Kier molecular flexibility index (Phi) is 3.61. The molecule has 21 heavy (non-hydrogen) atoms. The van der Waals surface area contributed by atoms with Gasteiger partial charge in [-0.2, -0.15) is 0 Å². The standard InChI is InChI=1S/C15H22N4O2/c16-12-1-2-13(17-11-12)18-7-3-15(4-8-18)5-9-19(10-6-15)14(20)21/h1-2,11H,3-10,16H2,(H,20,21). The van der Waals surface area contributed by atoms with Gasteiger partial charge in [0.05, 0.1) is 11.9 Å². The first-order chi connectivity index (χ1) is 10.1. The largest absolute Gasteiger partial charge is 0.465 e. The van der Waals surface area contributed by atoms with Crippen LogP contribution in [0, 0.1) is 5.41 Å². The predicted octanol–water partition coefficient (Wildman–Crippen LogP) is 2.02. The van der Waals surface area contributed by atoms with Crippen LogP contribution in [0.25, 0.3) is 0 Å². The van der Waals surface area contributed by atoms with Crippen molar-refractivity contribution < 1.29 is 9.90 Å². The number of pyridine rings is 1. The Morgan fingerprint density at radius 2 is 1.76 bits per heavy atom. The minimum Gasteiger partial charge on any atom is -0.465 e. The van der Waals surface area contributed by atoms with Gasteiger partial charge >= 0.3 is 6.09 Å². The number of aromatic nitrogens is 1. The quantitative estimate of drug-likeness (QED) is 0.827. The normalized spacial score (nSPS) is 21.5. The molecule has 0 aromatic carbocycles. The van der Waals surface area contributed by atoms with Crippen molar-refractivity contribution in [2.45, 2.75) is 25.7 Å². The summed E-state index contributed by atoms with van der Waals surface area (Å²) < 4.78 is 0. The van der Waals surface area contributed by atoms with Gasteiger partial charge in [-0.05, 0) is 43.2 Å². The number of piperidine rings is 2. The molecule has 2 aliphatic heterocycles. The highest BCUT2D eigenvalue weighted by Crippen LogP contribution is 2.41. The van der Waals surface area contributed by atoms with Gasteiger partial charge in [0.1, 0.15) is 5.82 Å². The molecular formula is C15H22N4O2. The average Bonchev–Trinajstić information content (AvgIpc) is 2.50. The van der Waals surface area contributed by atoms with Crippen molar-refractivity contribution in [2.24, 2.45) is 5.41 Å². The van der Waals surface area contributed by atoms with E-state index >= 15 is 0 Å². The first-order valence-corrected chi connectivity index (χ1v) is 7.52. The lowest BCUT2D eigenvalue weighted by molar-refractivity contribution is 0.0735. The van der Waals surface area contributed by atoms with Crippen molar-refractivity contribution in [1.82, 2.24) is 9.88 Å². The minimum atomic E-state index is -0.784. The summed E-state index contributed by atoms with van der Waals surface area (Å²) in [5, 5.41) is 9.04. The molecule has 0 aliphatic carbocycles. The van der Waals surface area contributed by atoms with Crippen LogP contribution in [-0.4, -0.2) is 47.3 Å². The van der Waals surface area contributed by atoms with Crippen LogP contribution in [-0.2, 0) is 0 Å². The number of anilines is 2. The van der Waals surface area contributed by atoms with E-state index in [2.05, 4.69) is 9.88 Å². The second-order valence-electron chi connectivity index (χ2n) is 6.21. The number of rotatable bonds is 1. The zero-order valence-corrected chi connectivity index (χ0v) is 12.2. The first-order valence-electron chi connectivity index (χ1n) is 7.52. The molecule has 0 radical (unpaired) electrons. The summed E-state index contributed by atoms with van der Waals surface area (Å²) in [7, 11) is 0. The molecule has 1 spiro atoms. The monoisotopic (exact) mass is 290 g/mol. The van der Waals surface area contributed by atoms with E-state index in [1.807, 2.05) is 12.1 Å². The summed E-state index contributed by atoms with van der Waals surface area (Å²) in [5.41, 5.74) is 6.69. The molecule has 3 N–H and O–H groups in total. The maximum absolute atomic E-state index is 11.0. The molecule has 6 nitrogen and oxygen atoms in total. The van der Waals surface area contributed by atoms with Gasteiger partial charge in [0.25, 0.3) is 0 Å². The fourth-order valence-corrected chi connectivity index (χ4v) is 3.47. The molecule has 1 amide bonds. The van der Waals surface area contributed by atoms with Crippen molar-refractivity contribution in [1.29, 1.82) is 0 Å². The van der Waals surface area contributed by atoms with Crippen molar-refractivity contribution in [3.05, 3.63) is 18.3 Å². The lowest BCUT2D eigenvalue weighted by Gasteiger charge is -2.46. The second-order valence-corrected chi connectivity index (χ2v) is 6.21. The maximum Gasteiger partial charge on any atom is 0.407 e. The highest BCUT2D eigenvalue weighted by molar-refractivity contribution is 5.65. The SMILES string of the molecule is Nc1ccc(N2CCC3(CCN(C(=O)O)CC3)CC2)nc1. The number of amides is 1. The summed E-state index contributed by atoms with van der Waals surface area (Å²) in [6.07, 6.45) is 5.13. The molecule has 3 rings (SSSR count). The molecule has 1 aromatic rings. The molecule has 3 heterocycles. The van der Waals surface area contributed by atoms with Crippen LogP contribution >= 0.6 is 0 Å². The Labute approximate surface area is 124 Å². The van der Waals surface area contributed by atoms with Crippen molar-refractivity contribution in [2.75, 3.05) is 36.8 Å². The highest BCUT2D eigenvalue weighted by Gasteiger charge is 2.38. The van der Waals surface area contributed by atoms with Gasteiger partial charge in [0, 0.05) is 26.2 Å². The van der Waals surface area contributed by atoms with Crippen molar-refractivity contribution in [3.63, 3.8) is 0 Å². The van der Waals surface area contributed by atoms with Crippen LogP contribution in [0.4, 0.5) is 16.3 Å². The van der Waals surface area contributed by atoms with Gasteiger partial charge < -0.3 is 20.6 Å². The molecule has 6 heteroatoms. The zero-order chi connectivity index (χ0) is 14.9. The molecule has 1 aromatic heterocycles. The highest BCUT2D eigenvalue weighted by atomic mass is 16.4. The third kappa shape index (κ3) is 2.89. The Hall–Kier alpha value is -1.98. The van der Waals surface area contributed by atoms with Gasteiger partial charge in [0.2, 0.25) is 0 Å². The predicted molar refractivity (Wildman–Crippen MR) is 81.4 cm³/mol. The number of carbonyl (C=O) groups is 1. The number of hydrogen-bond acceptors (Lipinski definition) is 4. The van der Waals surface area contributed by atoms with Crippen molar-refractivity contribution in [3.8, 4) is 0 Å². The summed E-state index contributed by atoms with van der Waals surface area (Å²) in [6, 6.07) is 3.86. The molecule has 114 valence electrons. The third-order valence-corrected chi connectivity index (χ3v) is 5.01. The van der Waals surface area contributed by atoms with Gasteiger partial charge in [-0.25, -0.2) is 9.78 Å². The zero-order valence-electron chi connectivity index (χ0n) is 12.2. The molecule has 2 saturated heterocycles. The van der Waals surface area contributed by atoms with E-state index < -0.39 is 6.09 Å². The summed E-state index contributed by atoms with van der Waals surface area (Å²) in [6.45, 7) is 3.33. The molecule has 0 atom stereocenters. The smallest absolute Gasteiger partial charge is 0.407 e. The van der Waals surface area contributed by atoms with Crippen molar-refractivity contribution >= 4 is 17.6 Å². The van der Waals surface area contributed by atoms with Crippen LogP contribution in [0.2, 0.25) is 0 Å². The van der Waals surface area contributed by atoms with Crippen LogP contribution < -0.4 is 10.6 Å². The molecule has 0 bridgehead atoms. The lowest BCUT2D eigenvalue weighted by Crippen LogP contribution is -2.48. The van der Waals surface area contributed by atoms with Crippen LogP contribution in [0.3, 0.4) is 0 Å². The number of nitrogen functional groups attached to an aromatic ring is 1. The fourth-order valence-electron chi connectivity index (χ4n) is 3.47. The van der Waals surface area contributed by atoms with Crippen LogP contribution in [0.1, 0.15) is 25.7 Å². The van der Waals surface area contributed by atoms with E-state index in [1.54, 1.807) is 11.1 Å². The van der Waals surface area contributed by atoms with E-state index in [4.69, 9.17) is 10.8 Å². The van der Waals surface area contributed by atoms with E-state index in [0.29, 0.717) is 24.2 Å². The Morgan fingerprint density at radius 1 is 1.14 bits per heavy atom. The van der Waals surface area contributed by atoms with E-state index in [9.17, 15) is 4.79 Å². The van der Waals surface area contributed by atoms with Gasteiger partial charge in [0.15, 0.2) is 0 Å². The second kappa shape index (κ2) is 5.42. The summed E-state index contributed by atoms with van der Waals surface area (Å²) >= 11 is 0. The Bertz CT molecular complexity index is 499. The van der Waals surface area contributed by atoms with E-state index in [1.165, 1.54) is 0 Å². The number of carboxylic acid groups (broad SMARTS) is 1. The first kappa shape index (κ1) is 14.0. The number of nitrogens with zero attached hydrogens (tertiary/aromatic N) is 3. The van der Waals surface area contributed by atoms with E-state index in [0.717, 1.165) is 44.6 Å². The summed E-state index contributed by atoms with van der Waals surface area (Å²) in [4.78, 5) is 19.2. The molecule has 2 aliphatic rings. The lowest BCUT2D eigenvalue weighted by atomic mass is 9.71. The van der Waals surface area contributed by atoms with Gasteiger partial charge in [-0.1, -0.05) is 0 Å². The molecular weight excluding hydrogens is 268 g/mol.